The van der Waals surface area contributed by atoms with E-state index in [0.29, 0.717) is 6.54 Å². The second kappa shape index (κ2) is 5.92. The van der Waals surface area contributed by atoms with Gasteiger partial charge in [0.15, 0.2) is 0 Å². The summed E-state index contributed by atoms with van der Waals surface area (Å²) in [6.45, 7) is 3.69. The van der Waals surface area contributed by atoms with Crippen molar-refractivity contribution in [2.45, 2.75) is 0 Å². The van der Waals surface area contributed by atoms with E-state index in [1.165, 1.54) is 13.2 Å². The number of hydrogen-bond acceptors (Lipinski definition) is 4. The molecule has 0 aromatic heterocycles. The predicted octanol–water partition coefficient (Wildman–Crippen LogP) is -0.185. The topological polar surface area (TPSA) is 74.5 Å². The maximum atomic E-state index is 10.9. The number of nitrogens with zero attached hydrogens (tertiary/aromatic N) is 2. The van der Waals surface area contributed by atoms with Crippen LogP contribution in [0.2, 0.25) is 0 Å². The lowest BCUT2D eigenvalue weighted by Crippen LogP contribution is -2.30. The van der Waals surface area contributed by atoms with E-state index in [4.69, 9.17) is 5.26 Å². The van der Waals surface area contributed by atoms with Gasteiger partial charge in [-0.05, 0) is 0 Å². The zero-order valence-corrected chi connectivity index (χ0v) is 6.70. The van der Waals surface area contributed by atoms with E-state index < -0.39 is 5.91 Å². The summed E-state index contributed by atoms with van der Waals surface area (Å²) in [7, 11) is 1.26. The Balaban J connectivity index is 4.15. The summed E-state index contributed by atoms with van der Waals surface area (Å²) in [6.07, 6.45) is 1.50. The molecule has 0 unspecified atom stereocenters. The van der Waals surface area contributed by atoms with Crippen molar-refractivity contribution in [3.05, 3.63) is 12.7 Å². The number of nitrogens with one attached hydrogen (secondary N) is 1. The molecule has 0 bridgehead atoms. The van der Waals surface area contributed by atoms with Gasteiger partial charge in [0, 0.05) is 6.54 Å². The highest BCUT2D eigenvalue weighted by Crippen LogP contribution is 1.78. The molecule has 0 spiro atoms. The first-order chi connectivity index (χ1) is 5.76. The second-order valence-electron chi connectivity index (χ2n) is 1.73. The predicted molar refractivity (Wildman–Crippen MR) is 43.3 cm³/mol. The van der Waals surface area contributed by atoms with Crippen LogP contribution in [-0.2, 0) is 9.63 Å². The standard InChI is InChI=1S/C7H9N3O2/c1-3-4-9-7(11)6(5-8)10-12-2/h3H,1,4H2,2H3,(H,9,11)/b10-6+. The van der Waals surface area contributed by atoms with Crippen molar-refractivity contribution >= 4 is 11.6 Å². The van der Waals surface area contributed by atoms with Crippen molar-refractivity contribution in [1.29, 1.82) is 5.26 Å². The van der Waals surface area contributed by atoms with Gasteiger partial charge >= 0.3 is 0 Å². The van der Waals surface area contributed by atoms with E-state index in [2.05, 4.69) is 21.9 Å². The number of nitriles is 1. The van der Waals surface area contributed by atoms with Gasteiger partial charge in [-0.1, -0.05) is 11.2 Å². The van der Waals surface area contributed by atoms with Crippen LogP contribution < -0.4 is 5.32 Å². The Morgan fingerprint density at radius 2 is 2.58 bits per heavy atom. The Kier molecular flexibility index (Phi) is 5.02. The molecule has 64 valence electrons. The summed E-state index contributed by atoms with van der Waals surface area (Å²) >= 11 is 0. The molecule has 0 aromatic carbocycles. The lowest BCUT2D eigenvalue weighted by molar-refractivity contribution is -0.114. The van der Waals surface area contributed by atoms with Crippen molar-refractivity contribution in [3.63, 3.8) is 0 Å². The van der Waals surface area contributed by atoms with Gasteiger partial charge in [0.25, 0.3) is 5.91 Å². The van der Waals surface area contributed by atoms with Gasteiger partial charge in [-0.3, -0.25) is 4.79 Å². The number of oxime groups is 1. The molecule has 1 N–H and O–H groups in total. The van der Waals surface area contributed by atoms with E-state index in [9.17, 15) is 4.79 Å². The molecule has 0 atom stereocenters. The second-order valence-corrected chi connectivity index (χ2v) is 1.73. The quantitative estimate of drug-likeness (QED) is 0.358. The maximum absolute atomic E-state index is 10.9. The number of carbonyl (C=O) groups is 1. The normalized spacial score (nSPS) is 9.83. The SMILES string of the molecule is C=CCNC(=O)/C(C#N)=N/OC. The van der Waals surface area contributed by atoms with Crippen LogP contribution in [0.25, 0.3) is 0 Å². The van der Waals surface area contributed by atoms with Crippen molar-refractivity contribution in [1.82, 2.24) is 5.32 Å². The lowest BCUT2D eigenvalue weighted by Gasteiger charge is -1.97. The molecular formula is C7H9N3O2. The molecule has 0 aliphatic carbocycles. The third kappa shape index (κ3) is 3.37. The van der Waals surface area contributed by atoms with Crippen LogP contribution >= 0.6 is 0 Å². The summed E-state index contributed by atoms with van der Waals surface area (Å²) in [5.41, 5.74) is -0.306. The van der Waals surface area contributed by atoms with Crippen molar-refractivity contribution in [2.24, 2.45) is 5.16 Å². The zero-order valence-electron chi connectivity index (χ0n) is 6.70. The van der Waals surface area contributed by atoms with Crippen LogP contribution in [0.1, 0.15) is 0 Å². The Hall–Kier alpha value is -1.83. The number of hydrogen-bond donors (Lipinski definition) is 1. The first kappa shape index (κ1) is 10.2. The van der Waals surface area contributed by atoms with Crippen molar-refractivity contribution in [2.75, 3.05) is 13.7 Å². The van der Waals surface area contributed by atoms with Crippen molar-refractivity contribution < 1.29 is 9.63 Å². The third-order valence-electron chi connectivity index (χ3n) is 0.911. The molecule has 0 saturated carbocycles. The lowest BCUT2D eigenvalue weighted by atomic mass is 10.4. The molecule has 5 heteroatoms. The third-order valence-corrected chi connectivity index (χ3v) is 0.911. The number of carbonyl (C=O) groups excluding carboxylic acids is 1. The minimum Gasteiger partial charge on any atom is -0.398 e. The zero-order chi connectivity index (χ0) is 9.40. The Morgan fingerprint density at radius 3 is 3.00 bits per heavy atom. The van der Waals surface area contributed by atoms with Gasteiger partial charge in [-0.2, -0.15) is 5.26 Å². The Bertz CT molecular complexity index is 240. The molecule has 0 rings (SSSR count). The molecule has 0 saturated heterocycles. The molecule has 12 heavy (non-hydrogen) atoms. The summed E-state index contributed by atoms with van der Waals surface area (Å²) in [6, 6.07) is 1.59. The number of rotatable bonds is 4. The van der Waals surface area contributed by atoms with Crippen LogP contribution in [0, 0.1) is 11.3 Å². The summed E-state index contributed by atoms with van der Waals surface area (Å²) < 4.78 is 0. The smallest absolute Gasteiger partial charge is 0.284 e. The van der Waals surface area contributed by atoms with Crippen molar-refractivity contribution in [3.8, 4) is 6.07 Å². The van der Waals surface area contributed by atoms with Gasteiger partial charge in [-0.25, -0.2) is 0 Å². The van der Waals surface area contributed by atoms with Crippen LogP contribution in [0.3, 0.4) is 0 Å². The summed E-state index contributed by atoms with van der Waals surface area (Å²) in [4.78, 5) is 15.2. The van der Waals surface area contributed by atoms with Gasteiger partial charge < -0.3 is 10.2 Å². The maximum Gasteiger partial charge on any atom is 0.284 e. The minimum absolute atomic E-state index is 0.295. The first-order valence-corrected chi connectivity index (χ1v) is 3.16. The number of amides is 1. The first-order valence-electron chi connectivity index (χ1n) is 3.16. The van der Waals surface area contributed by atoms with E-state index in [1.54, 1.807) is 6.07 Å². The highest BCUT2D eigenvalue weighted by atomic mass is 16.6. The summed E-state index contributed by atoms with van der Waals surface area (Å²) in [5.74, 6) is -0.570. The summed E-state index contributed by atoms with van der Waals surface area (Å²) in [5, 5.41) is 14.0. The largest absolute Gasteiger partial charge is 0.398 e. The molecule has 0 aliphatic rings. The molecule has 0 radical (unpaired) electrons. The molecule has 0 aliphatic heterocycles. The minimum atomic E-state index is -0.570. The fraction of sp³-hybridized carbons (Fsp3) is 0.286. The van der Waals surface area contributed by atoms with Gasteiger partial charge in [0.1, 0.15) is 13.2 Å². The Labute approximate surface area is 70.3 Å². The van der Waals surface area contributed by atoms with E-state index in [-0.39, 0.29) is 5.71 Å². The fourth-order valence-electron chi connectivity index (χ4n) is 0.453. The molecule has 0 heterocycles. The molecular weight excluding hydrogens is 158 g/mol. The van der Waals surface area contributed by atoms with Crippen LogP contribution in [0.5, 0.6) is 0 Å². The average molecular weight is 167 g/mol. The van der Waals surface area contributed by atoms with E-state index in [0.717, 1.165) is 0 Å². The van der Waals surface area contributed by atoms with Gasteiger partial charge in [0.2, 0.25) is 5.71 Å². The molecule has 1 amide bonds. The highest BCUT2D eigenvalue weighted by molar-refractivity contribution is 6.45. The van der Waals surface area contributed by atoms with Gasteiger partial charge in [-0.15, -0.1) is 6.58 Å². The van der Waals surface area contributed by atoms with Gasteiger partial charge in [0.05, 0.1) is 0 Å². The van der Waals surface area contributed by atoms with Crippen LogP contribution in [0.15, 0.2) is 17.8 Å². The molecule has 0 aromatic rings. The van der Waals surface area contributed by atoms with Crippen LogP contribution in [-0.4, -0.2) is 25.3 Å². The molecule has 5 nitrogen and oxygen atoms in total. The average Bonchev–Trinajstić information content (AvgIpc) is 2.10. The van der Waals surface area contributed by atoms with Crippen LogP contribution in [0.4, 0.5) is 0 Å². The highest BCUT2D eigenvalue weighted by Gasteiger charge is 2.09. The molecule has 0 fully saturated rings. The van der Waals surface area contributed by atoms with E-state index in [1.807, 2.05) is 0 Å². The fourth-order valence-corrected chi connectivity index (χ4v) is 0.453. The Morgan fingerprint density at radius 1 is 1.92 bits per heavy atom. The monoisotopic (exact) mass is 167 g/mol. The van der Waals surface area contributed by atoms with E-state index >= 15 is 0 Å².